The van der Waals surface area contributed by atoms with Gasteiger partial charge in [-0.2, -0.15) is 5.10 Å². The first-order valence-electron chi connectivity index (χ1n) is 10.2. The summed E-state index contributed by atoms with van der Waals surface area (Å²) in [6, 6.07) is 8.08. The molecule has 1 N–H and O–H groups in total. The van der Waals surface area contributed by atoms with Crippen molar-refractivity contribution < 1.29 is 14.6 Å². The molecule has 0 spiro atoms. The van der Waals surface area contributed by atoms with Gasteiger partial charge in [-0.05, 0) is 75.8 Å². The predicted molar refractivity (Wildman–Crippen MR) is 106 cm³/mol. The van der Waals surface area contributed by atoms with Crippen LogP contribution in [0, 0.1) is 0 Å². The van der Waals surface area contributed by atoms with E-state index in [1.165, 1.54) is 17.5 Å². The Labute approximate surface area is 166 Å². The number of aryl methyl sites for hydroxylation is 3. The van der Waals surface area contributed by atoms with E-state index in [9.17, 15) is 9.90 Å². The number of carbonyl (C=O) groups excluding carboxylic acids is 1. The molecule has 0 fully saturated rings. The topological polar surface area (TPSA) is 67.6 Å². The molecule has 6 heteroatoms. The zero-order valence-electron chi connectivity index (χ0n) is 16.9. The number of ether oxygens (including phenoxy) is 1. The molecule has 4 rings (SSSR count). The molecule has 1 aliphatic carbocycles. The van der Waals surface area contributed by atoms with Crippen molar-refractivity contribution in [1.82, 2.24) is 14.7 Å². The Balaban J connectivity index is 1.50. The molecular formula is C22H29N3O3. The molecule has 2 aliphatic rings. The molecule has 1 unspecified atom stereocenters. The van der Waals surface area contributed by atoms with Crippen molar-refractivity contribution in [2.24, 2.45) is 0 Å². The van der Waals surface area contributed by atoms with Gasteiger partial charge >= 0.3 is 0 Å². The van der Waals surface area contributed by atoms with E-state index in [4.69, 9.17) is 4.74 Å². The molecular weight excluding hydrogens is 354 g/mol. The zero-order chi connectivity index (χ0) is 19.9. The number of rotatable bonds is 4. The van der Waals surface area contributed by atoms with Gasteiger partial charge in [0, 0.05) is 13.1 Å². The molecule has 1 aromatic heterocycles. The van der Waals surface area contributed by atoms with E-state index >= 15 is 0 Å². The summed E-state index contributed by atoms with van der Waals surface area (Å²) >= 11 is 0. The minimum Gasteiger partial charge on any atom is -0.478 e. The van der Waals surface area contributed by atoms with Crippen LogP contribution in [-0.2, 0) is 30.7 Å². The first-order valence-corrected chi connectivity index (χ1v) is 10.2. The second-order valence-electron chi connectivity index (χ2n) is 8.44. The summed E-state index contributed by atoms with van der Waals surface area (Å²) in [5.41, 5.74) is 3.39. The molecule has 6 nitrogen and oxygen atoms in total. The minimum atomic E-state index is -0.949. The van der Waals surface area contributed by atoms with Crippen LogP contribution in [-0.4, -0.2) is 37.8 Å². The second-order valence-corrected chi connectivity index (χ2v) is 8.44. The standard InChI is InChI=1S/C22H29N3O3/c1-15(26)20-13-18-14-24(10-5-11-25(18)23-20)21(27)22(2,3)28-19-9-8-16-6-4-7-17(16)12-19/h8-9,12-13,15,26H,4-7,10-11,14H2,1-3H3. The van der Waals surface area contributed by atoms with Gasteiger partial charge in [0.15, 0.2) is 5.60 Å². The van der Waals surface area contributed by atoms with Crippen LogP contribution in [0.4, 0.5) is 0 Å². The number of benzene rings is 1. The Morgan fingerprint density at radius 1 is 1.18 bits per heavy atom. The van der Waals surface area contributed by atoms with Crippen molar-refractivity contribution in [3.05, 3.63) is 46.8 Å². The smallest absolute Gasteiger partial charge is 0.266 e. The van der Waals surface area contributed by atoms with Gasteiger partial charge in [-0.1, -0.05) is 6.07 Å². The van der Waals surface area contributed by atoms with E-state index in [0.29, 0.717) is 18.8 Å². The third-order valence-corrected chi connectivity index (χ3v) is 5.71. The molecule has 1 aromatic carbocycles. The fraction of sp³-hybridized carbons (Fsp3) is 0.545. The van der Waals surface area contributed by atoms with Crippen LogP contribution in [0.25, 0.3) is 0 Å². The maximum absolute atomic E-state index is 13.3. The largest absolute Gasteiger partial charge is 0.478 e. The highest BCUT2D eigenvalue weighted by Crippen LogP contribution is 2.29. The molecule has 0 radical (unpaired) electrons. The third kappa shape index (κ3) is 3.65. The third-order valence-electron chi connectivity index (χ3n) is 5.71. The fourth-order valence-corrected chi connectivity index (χ4v) is 4.19. The lowest BCUT2D eigenvalue weighted by Crippen LogP contribution is -2.48. The second kappa shape index (κ2) is 7.24. The summed E-state index contributed by atoms with van der Waals surface area (Å²) in [6.07, 6.45) is 3.63. The Bertz CT molecular complexity index is 885. The molecule has 2 heterocycles. The van der Waals surface area contributed by atoms with Gasteiger partial charge in [0.1, 0.15) is 5.75 Å². The number of hydrogen-bond donors (Lipinski definition) is 1. The fourth-order valence-electron chi connectivity index (χ4n) is 4.19. The maximum atomic E-state index is 13.3. The van der Waals surface area contributed by atoms with Crippen LogP contribution < -0.4 is 4.74 Å². The number of amides is 1. The zero-order valence-corrected chi connectivity index (χ0v) is 16.9. The number of carbonyl (C=O) groups is 1. The van der Waals surface area contributed by atoms with E-state index in [1.807, 2.05) is 35.6 Å². The van der Waals surface area contributed by atoms with Crippen molar-refractivity contribution in [3.63, 3.8) is 0 Å². The SMILES string of the molecule is CC(O)c1cc2n(n1)CCCN(C(=O)C(C)(C)Oc1ccc3c(c1)CCC3)C2. The normalized spacial score (nSPS) is 17.6. The van der Waals surface area contributed by atoms with Gasteiger partial charge in [-0.3, -0.25) is 9.48 Å². The van der Waals surface area contributed by atoms with E-state index in [1.54, 1.807) is 6.92 Å². The number of fused-ring (bicyclic) bond motifs is 2. The molecule has 1 amide bonds. The van der Waals surface area contributed by atoms with Crippen molar-refractivity contribution in [1.29, 1.82) is 0 Å². The molecule has 1 atom stereocenters. The summed E-state index contributed by atoms with van der Waals surface area (Å²) in [6.45, 7) is 7.29. The summed E-state index contributed by atoms with van der Waals surface area (Å²) in [5, 5.41) is 14.3. The van der Waals surface area contributed by atoms with Crippen LogP contribution in [0.5, 0.6) is 5.75 Å². The molecule has 1 aliphatic heterocycles. The van der Waals surface area contributed by atoms with Crippen LogP contribution in [0.3, 0.4) is 0 Å². The number of nitrogens with zero attached hydrogens (tertiary/aromatic N) is 3. The van der Waals surface area contributed by atoms with Crippen LogP contribution in [0.15, 0.2) is 24.3 Å². The first-order chi connectivity index (χ1) is 13.3. The summed E-state index contributed by atoms with van der Waals surface area (Å²) < 4.78 is 8.07. The van der Waals surface area contributed by atoms with E-state index in [0.717, 1.165) is 37.3 Å². The molecule has 150 valence electrons. The van der Waals surface area contributed by atoms with Gasteiger partial charge in [0.25, 0.3) is 5.91 Å². The average Bonchev–Trinajstić information content (AvgIpc) is 3.22. The highest BCUT2D eigenvalue weighted by Gasteiger charge is 2.35. The van der Waals surface area contributed by atoms with Crippen molar-refractivity contribution in [3.8, 4) is 5.75 Å². The Kier molecular flexibility index (Phi) is 4.91. The number of aliphatic hydroxyl groups excluding tert-OH is 1. The lowest BCUT2D eigenvalue weighted by atomic mass is 10.1. The van der Waals surface area contributed by atoms with Gasteiger partial charge in [-0.25, -0.2) is 0 Å². The predicted octanol–water partition coefficient (Wildman–Crippen LogP) is 3.02. The Morgan fingerprint density at radius 2 is 1.96 bits per heavy atom. The molecule has 0 bridgehead atoms. The molecule has 28 heavy (non-hydrogen) atoms. The number of aliphatic hydroxyl groups is 1. The van der Waals surface area contributed by atoms with Gasteiger partial charge in [0.05, 0.1) is 24.0 Å². The lowest BCUT2D eigenvalue weighted by molar-refractivity contribution is -0.146. The molecule has 0 saturated carbocycles. The summed E-state index contributed by atoms with van der Waals surface area (Å²) in [7, 11) is 0. The summed E-state index contributed by atoms with van der Waals surface area (Å²) in [5.74, 6) is 0.733. The van der Waals surface area contributed by atoms with Crippen LogP contribution in [0.1, 0.15) is 62.2 Å². The van der Waals surface area contributed by atoms with Gasteiger partial charge < -0.3 is 14.7 Å². The highest BCUT2D eigenvalue weighted by molar-refractivity contribution is 5.84. The van der Waals surface area contributed by atoms with Crippen LogP contribution >= 0.6 is 0 Å². The molecule has 0 saturated heterocycles. The monoisotopic (exact) mass is 383 g/mol. The highest BCUT2D eigenvalue weighted by atomic mass is 16.5. The van der Waals surface area contributed by atoms with Crippen molar-refractivity contribution >= 4 is 5.91 Å². The first kappa shape index (κ1) is 19.0. The number of hydrogen-bond acceptors (Lipinski definition) is 4. The average molecular weight is 383 g/mol. The van der Waals surface area contributed by atoms with E-state index < -0.39 is 11.7 Å². The quantitative estimate of drug-likeness (QED) is 0.881. The lowest BCUT2D eigenvalue weighted by Gasteiger charge is -2.31. The number of aromatic nitrogens is 2. The maximum Gasteiger partial charge on any atom is 0.266 e. The Morgan fingerprint density at radius 3 is 2.75 bits per heavy atom. The molecule has 2 aromatic rings. The van der Waals surface area contributed by atoms with Crippen molar-refractivity contribution in [2.45, 2.75) is 71.2 Å². The summed E-state index contributed by atoms with van der Waals surface area (Å²) in [4.78, 5) is 15.1. The van der Waals surface area contributed by atoms with Crippen molar-refractivity contribution in [2.75, 3.05) is 6.54 Å². The van der Waals surface area contributed by atoms with E-state index in [2.05, 4.69) is 17.2 Å². The Hall–Kier alpha value is -2.34. The van der Waals surface area contributed by atoms with Gasteiger partial charge in [0.2, 0.25) is 0 Å². The minimum absolute atomic E-state index is 0.0266. The van der Waals surface area contributed by atoms with Gasteiger partial charge in [-0.15, -0.1) is 0 Å². The van der Waals surface area contributed by atoms with Crippen LogP contribution in [0.2, 0.25) is 0 Å². The van der Waals surface area contributed by atoms with E-state index in [-0.39, 0.29) is 5.91 Å².